The Morgan fingerprint density at radius 1 is 1.20 bits per heavy atom. The van der Waals surface area contributed by atoms with Crippen molar-refractivity contribution in [2.45, 2.75) is 6.92 Å². The molecule has 2 nitrogen and oxygen atoms in total. The van der Waals surface area contributed by atoms with Crippen molar-refractivity contribution in [3.8, 4) is 0 Å². The van der Waals surface area contributed by atoms with E-state index in [2.05, 4.69) is 23.8 Å². The van der Waals surface area contributed by atoms with Gasteiger partial charge in [-0.1, -0.05) is 6.92 Å². The van der Waals surface area contributed by atoms with Crippen LogP contribution in [0.3, 0.4) is 0 Å². The second-order valence-corrected chi connectivity index (χ2v) is 2.55. The van der Waals surface area contributed by atoms with Crippen LogP contribution in [0.25, 0.3) is 0 Å². The van der Waals surface area contributed by atoms with Crippen LogP contribution in [0.2, 0.25) is 0 Å². The van der Waals surface area contributed by atoms with Gasteiger partial charge in [0.25, 0.3) is 0 Å². The molecule has 0 atom stereocenters. The molecule has 54 valence electrons. The Labute approximate surface area is 106 Å². The van der Waals surface area contributed by atoms with E-state index >= 15 is 0 Å². The predicted molar refractivity (Wildman–Crippen MR) is 39.0 cm³/mol. The summed E-state index contributed by atoms with van der Waals surface area (Å²) in [5, 5.41) is 0. The molecule has 0 bridgehead atoms. The van der Waals surface area contributed by atoms with E-state index in [1.165, 1.54) is 19.6 Å². The van der Waals surface area contributed by atoms with Gasteiger partial charge in [0, 0.05) is 13.1 Å². The molecule has 0 radical (unpaired) electrons. The van der Waals surface area contributed by atoms with Crippen molar-refractivity contribution in [1.29, 1.82) is 0 Å². The van der Waals surface area contributed by atoms with Gasteiger partial charge in [-0.05, 0) is 19.6 Å². The fourth-order valence-electron chi connectivity index (χ4n) is 1.11. The van der Waals surface area contributed by atoms with Crippen LogP contribution in [0.15, 0.2) is 0 Å². The topological polar surface area (TPSA) is 6.48 Å². The largest absolute Gasteiger partial charge is 1.00 e. The fourth-order valence-corrected chi connectivity index (χ4v) is 1.11. The van der Waals surface area contributed by atoms with Gasteiger partial charge in [-0.3, -0.25) is 7.05 Å². The molecule has 0 aromatic heterocycles. The Hall–Kier alpha value is 1.56. The van der Waals surface area contributed by atoms with E-state index in [9.17, 15) is 0 Å². The molecule has 0 amide bonds. The molecule has 0 spiro atoms. The minimum absolute atomic E-state index is 0. The molecule has 3 heteroatoms. The molecule has 0 aromatic carbocycles. The number of piperazine rings is 1. The van der Waals surface area contributed by atoms with Gasteiger partial charge < -0.3 is 9.80 Å². The van der Waals surface area contributed by atoms with Crippen molar-refractivity contribution in [3.05, 3.63) is 7.05 Å². The Morgan fingerprint density at radius 2 is 1.70 bits per heavy atom. The molecule has 0 aromatic rings. The van der Waals surface area contributed by atoms with Crippen LogP contribution >= 0.6 is 0 Å². The minimum atomic E-state index is 0. The Balaban J connectivity index is 0.000000810. The first-order valence-electron chi connectivity index (χ1n) is 3.60. The summed E-state index contributed by atoms with van der Waals surface area (Å²) in [5.74, 6) is 0. The molecular weight excluding hydrogens is 151 g/mol. The van der Waals surface area contributed by atoms with E-state index in [4.69, 9.17) is 0 Å². The first-order chi connectivity index (χ1) is 4.33. The van der Waals surface area contributed by atoms with Crippen LogP contribution in [0, 0.1) is 7.05 Å². The molecule has 1 saturated heterocycles. The first kappa shape index (κ1) is 11.6. The minimum Gasteiger partial charge on any atom is -0.457 e. The Morgan fingerprint density at radius 3 is 2.10 bits per heavy atom. The second-order valence-electron chi connectivity index (χ2n) is 2.55. The normalized spacial score (nSPS) is 22.2. The maximum Gasteiger partial charge on any atom is 1.00 e. The van der Waals surface area contributed by atoms with E-state index in [0.717, 1.165) is 13.1 Å². The van der Waals surface area contributed by atoms with Crippen LogP contribution in [0.5, 0.6) is 0 Å². The van der Waals surface area contributed by atoms with Gasteiger partial charge in [-0.2, -0.15) is 0 Å². The van der Waals surface area contributed by atoms with Gasteiger partial charge in [-0.25, -0.2) is 0 Å². The van der Waals surface area contributed by atoms with Crippen molar-refractivity contribution < 1.29 is 51.4 Å². The van der Waals surface area contributed by atoms with Crippen LogP contribution in [0.4, 0.5) is 0 Å². The van der Waals surface area contributed by atoms with Gasteiger partial charge >= 0.3 is 51.4 Å². The molecular formula is C7H15KN2. The summed E-state index contributed by atoms with van der Waals surface area (Å²) in [5.41, 5.74) is 0. The number of nitrogens with zero attached hydrogens (tertiary/aromatic N) is 2. The van der Waals surface area contributed by atoms with E-state index in [-0.39, 0.29) is 51.4 Å². The summed E-state index contributed by atoms with van der Waals surface area (Å²) in [4.78, 5) is 4.58. The zero-order chi connectivity index (χ0) is 6.69. The van der Waals surface area contributed by atoms with Gasteiger partial charge in [-0.15, -0.1) is 0 Å². The quantitative estimate of drug-likeness (QED) is 0.312. The summed E-state index contributed by atoms with van der Waals surface area (Å²) >= 11 is 0. The summed E-state index contributed by atoms with van der Waals surface area (Å²) in [6, 6.07) is 0. The summed E-state index contributed by atoms with van der Waals surface area (Å²) in [6.45, 7) is 8.05. The maximum atomic E-state index is 3.87. The molecule has 10 heavy (non-hydrogen) atoms. The standard InChI is InChI=1S/C7H15N2.K/c1-3-9-6-4-8(2)5-7-9;/h2-7H2,1H3;/q-1;+1. The van der Waals surface area contributed by atoms with Crippen LogP contribution in [-0.4, -0.2) is 42.5 Å². The zero-order valence-electron chi connectivity index (χ0n) is 7.14. The molecule has 1 aliphatic rings. The van der Waals surface area contributed by atoms with Crippen molar-refractivity contribution in [2.24, 2.45) is 0 Å². The molecule has 0 N–H and O–H groups in total. The van der Waals surface area contributed by atoms with Crippen molar-refractivity contribution in [2.75, 3.05) is 32.7 Å². The maximum absolute atomic E-state index is 3.87. The SMILES string of the molecule is [CH2-]N1CCN(CC)CC1.[K+]. The zero-order valence-corrected chi connectivity index (χ0v) is 10.3. The molecule has 0 unspecified atom stereocenters. The molecule has 0 aliphatic carbocycles. The van der Waals surface area contributed by atoms with E-state index in [1.807, 2.05) is 0 Å². The summed E-state index contributed by atoms with van der Waals surface area (Å²) in [7, 11) is 3.87. The third-order valence-electron chi connectivity index (χ3n) is 1.91. The average molecular weight is 166 g/mol. The molecule has 1 heterocycles. The number of hydrogen-bond acceptors (Lipinski definition) is 2. The van der Waals surface area contributed by atoms with E-state index < -0.39 is 0 Å². The van der Waals surface area contributed by atoms with E-state index in [1.54, 1.807) is 0 Å². The Bertz CT molecular complexity index is 79.7. The fraction of sp³-hybridized carbons (Fsp3) is 0.857. The van der Waals surface area contributed by atoms with Gasteiger partial charge in [0.05, 0.1) is 0 Å². The third kappa shape index (κ3) is 3.81. The summed E-state index contributed by atoms with van der Waals surface area (Å²) in [6.07, 6.45) is 0. The molecule has 1 rings (SSSR count). The monoisotopic (exact) mass is 166 g/mol. The average Bonchev–Trinajstić information content (AvgIpc) is 1.90. The number of likely N-dealkylation sites (N-methyl/N-ethyl adjacent to an activating group) is 1. The van der Waals surface area contributed by atoms with Crippen LogP contribution in [-0.2, 0) is 0 Å². The summed E-state index contributed by atoms with van der Waals surface area (Å²) < 4.78 is 0. The smallest absolute Gasteiger partial charge is 0.457 e. The second kappa shape index (κ2) is 6.11. The molecule has 1 fully saturated rings. The van der Waals surface area contributed by atoms with Crippen LogP contribution in [0.1, 0.15) is 6.92 Å². The third-order valence-corrected chi connectivity index (χ3v) is 1.91. The predicted octanol–water partition coefficient (Wildman–Crippen LogP) is -2.58. The van der Waals surface area contributed by atoms with Gasteiger partial charge in [0.2, 0.25) is 0 Å². The van der Waals surface area contributed by atoms with Gasteiger partial charge in [0.1, 0.15) is 0 Å². The number of rotatable bonds is 1. The Kier molecular flexibility index (Phi) is 7.07. The molecule has 0 saturated carbocycles. The van der Waals surface area contributed by atoms with Crippen molar-refractivity contribution in [3.63, 3.8) is 0 Å². The molecule has 1 aliphatic heterocycles. The van der Waals surface area contributed by atoms with Crippen molar-refractivity contribution in [1.82, 2.24) is 9.80 Å². The first-order valence-corrected chi connectivity index (χ1v) is 3.60. The number of hydrogen-bond donors (Lipinski definition) is 0. The van der Waals surface area contributed by atoms with Crippen molar-refractivity contribution >= 4 is 0 Å². The van der Waals surface area contributed by atoms with E-state index in [0.29, 0.717) is 0 Å². The van der Waals surface area contributed by atoms with Gasteiger partial charge in [0.15, 0.2) is 0 Å². The van der Waals surface area contributed by atoms with Crippen LogP contribution < -0.4 is 51.4 Å².